The molecule has 3 nitrogen and oxygen atoms in total. The Morgan fingerprint density at radius 3 is 2.47 bits per heavy atom. The number of fused-ring (bicyclic) bond motifs is 2. The molecule has 94 valence electrons. The van der Waals surface area contributed by atoms with Gasteiger partial charge in [0, 0.05) is 16.7 Å². The Hall–Kier alpha value is -2.49. The van der Waals surface area contributed by atoms with E-state index in [1.807, 2.05) is 0 Å². The van der Waals surface area contributed by atoms with Gasteiger partial charge in [-0.3, -0.25) is 9.59 Å². The molecule has 0 N–H and O–H groups in total. The van der Waals surface area contributed by atoms with Crippen LogP contribution >= 0.6 is 0 Å². The minimum atomic E-state index is -0.536. The van der Waals surface area contributed by atoms with Crippen LogP contribution < -0.4 is 4.74 Å². The monoisotopic (exact) mass is 256 g/mol. The molecule has 0 bridgehead atoms. The third kappa shape index (κ3) is 1.57. The van der Waals surface area contributed by atoms with Crippen molar-refractivity contribution in [2.24, 2.45) is 0 Å². The van der Waals surface area contributed by atoms with Gasteiger partial charge in [0.2, 0.25) is 0 Å². The molecule has 0 radical (unpaired) electrons. The Labute approximate surface area is 108 Å². The van der Waals surface area contributed by atoms with Crippen LogP contribution in [0.5, 0.6) is 5.75 Å². The average molecular weight is 256 g/mol. The summed E-state index contributed by atoms with van der Waals surface area (Å²) in [7, 11) is 1.44. The highest BCUT2D eigenvalue weighted by molar-refractivity contribution is 6.29. The van der Waals surface area contributed by atoms with E-state index >= 15 is 0 Å². The largest absolute Gasteiger partial charge is 0.496 e. The number of carbonyl (C=O) groups excluding carboxylic acids is 2. The molecule has 1 aliphatic carbocycles. The quantitative estimate of drug-likeness (QED) is 0.672. The van der Waals surface area contributed by atoms with E-state index in [4.69, 9.17) is 4.74 Å². The summed E-state index contributed by atoms with van der Waals surface area (Å²) in [5, 5.41) is 0. The standard InChI is InChI=1S/C15H9FO3/c1-19-12-4-2-3-10-13(12)15(18)9-6-5-8(16)7-11(9)14(10)17/h2-7H,1H3. The molecule has 0 atom stereocenters. The number of rotatable bonds is 1. The molecule has 1 aliphatic rings. The van der Waals surface area contributed by atoms with Crippen molar-refractivity contribution >= 4 is 11.6 Å². The first-order valence-electron chi connectivity index (χ1n) is 5.69. The number of hydrogen-bond acceptors (Lipinski definition) is 3. The van der Waals surface area contributed by atoms with E-state index in [0.717, 1.165) is 6.07 Å². The maximum atomic E-state index is 13.2. The molecule has 0 saturated carbocycles. The zero-order valence-electron chi connectivity index (χ0n) is 10.1. The third-order valence-electron chi connectivity index (χ3n) is 3.19. The number of hydrogen-bond donors (Lipinski definition) is 0. The molecule has 0 fully saturated rings. The Balaban J connectivity index is 2.32. The molecular formula is C15H9FO3. The molecule has 0 aromatic heterocycles. The van der Waals surface area contributed by atoms with E-state index in [9.17, 15) is 14.0 Å². The molecule has 0 saturated heterocycles. The van der Waals surface area contributed by atoms with Crippen molar-refractivity contribution in [3.8, 4) is 5.75 Å². The second kappa shape index (κ2) is 4.02. The van der Waals surface area contributed by atoms with Crippen LogP contribution in [-0.2, 0) is 0 Å². The van der Waals surface area contributed by atoms with E-state index in [2.05, 4.69) is 0 Å². The Morgan fingerprint density at radius 1 is 0.947 bits per heavy atom. The SMILES string of the molecule is COc1cccc2c1C(=O)c1ccc(F)cc1C2=O. The molecule has 2 aromatic carbocycles. The molecule has 4 heteroatoms. The number of ketones is 2. The fourth-order valence-electron chi connectivity index (χ4n) is 2.31. The number of carbonyl (C=O) groups is 2. The van der Waals surface area contributed by atoms with Crippen LogP contribution in [0.25, 0.3) is 0 Å². The van der Waals surface area contributed by atoms with Crippen molar-refractivity contribution < 1.29 is 18.7 Å². The Bertz CT molecular complexity index is 719. The first-order valence-corrected chi connectivity index (χ1v) is 5.69. The molecular weight excluding hydrogens is 247 g/mol. The van der Waals surface area contributed by atoms with Gasteiger partial charge in [-0.25, -0.2) is 4.39 Å². The zero-order valence-corrected chi connectivity index (χ0v) is 10.1. The highest BCUT2D eigenvalue weighted by Crippen LogP contribution is 2.33. The van der Waals surface area contributed by atoms with Crippen molar-refractivity contribution in [1.29, 1.82) is 0 Å². The lowest BCUT2D eigenvalue weighted by Crippen LogP contribution is -2.21. The van der Waals surface area contributed by atoms with Gasteiger partial charge in [0.05, 0.1) is 12.7 Å². The molecule has 0 amide bonds. The van der Waals surface area contributed by atoms with Gasteiger partial charge < -0.3 is 4.74 Å². The molecule has 3 rings (SSSR count). The number of benzene rings is 2. The second-order valence-corrected chi connectivity index (χ2v) is 4.23. The van der Waals surface area contributed by atoms with Crippen LogP contribution in [0.4, 0.5) is 4.39 Å². The normalized spacial score (nSPS) is 12.9. The third-order valence-corrected chi connectivity index (χ3v) is 3.19. The topological polar surface area (TPSA) is 43.4 Å². The Kier molecular flexibility index (Phi) is 2.45. The fourth-order valence-corrected chi connectivity index (χ4v) is 2.31. The van der Waals surface area contributed by atoms with Crippen LogP contribution in [0, 0.1) is 5.82 Å². The van der Waals surface area contributed by atoms with Crippen molar-refractivity contribution in [2.75, 3.05) is 7.11 Å². The minimum Gasteiger partial charge on any atom is -0.496 e. The minimum absolute atomic E-state index is 0.103. The van der Waals surface area contributed by atoms with Gasteiger partial charge in [0.15, 0.2) is 11.6 Å². The maximum Gasteiger partial charge on any atom is 0.198 e. The maximum absolute atomic E-state index is 13.2. The second-order valence-electron chi connectivity index (χ2n) is 4.23. The van der Waals surface area contributed by atoms with E-state index in [1.165, 1.54) is 19.2 Å². The molecule has 0 spiro atoms. The summed E-state index contributed by atoms with van der Waals surface area (Å²) >= 11 is 0. The summed E-state index contributed by atoms with van der Waals surface area (Å²) in [4.78, 5) is 24.7. The summed E-state index contributed by atoms with van der Waals surface area (Å²) in [5.74, 6) is -0.859. The van der Waals surface area contributed by atoms with E-state index < -0.39 is 5.82 Å². The van der Waals surface area contributed by atoms with Gasteiger partial charge in [-0.05, 0) is 24.3 Å². The van der Waals surface area contributed by atoms with Gasteiger partial charge in [-0.1, -0.05) is 12.1 Å². The van der Waals surface area contributed by atoms with Crippen LogP contribution in [0.15, 0.2) is 36.4 Å². The molecule has 2 aromatic rings. The first kappa shape index (κ1) is 11.6. The number of halogens is 1. The van der Waals surface area contributed by atoms with Crippen LogP contribution in [0.3, 0.4) is 0 Å². The summed E-state index contributed by atoms with van der Waals surface area (Å²) < 4.78 is 18.4. The van der Waals surface area contributed by atoms with Crippen molar-refractivity contribution in [2.45, 2.75) is 0 Å². The van der Waals surface area contributed by atoms with Gasteiger partial charge in [-0.2, -0.15) is 0 Å². The zero-order chi connectivity index (χ0) is 13.6. The summed E-state index contributed by atoms with van der Waals surface area (Å²) in [5.41, 5.74) is 0.811. The molecule has 0 heterocycles. The number of methoxy groups -OCH3 is 1. The van der Waals surface area contributed by atoms with E-state index in [-0.39, 0.29) is 33.8 Å². The predicted molar refractivity (Wildman–Crippen MR) is 66.3 cm³/mol. The van der Waals surface area contributed by atoms with Crippen molar-refractivity contribution in [3.05, 3.63) is 64.5 Å². The molecule has 0 unspecified atom stereocenters. The number of ether oxygens (including phenoxy) is 1. The van der Waals surface area contributed by atoms with Crippen LogP contribution in [0.2, 0.25) is 0 Å². The first-order chi connectivity index (χ1) is 9.13. The van der Waals surface area contributed by atoms with E-state index in [1.54, 1.807) is 18.2 Å². The lowest BCUT2D eigenvalue weighted by molar-refractivity contribution is 0.0976. The van der Waals surface area contributed by atoms with E-state index in [0.29, 0.717) is 5.75 Å². The predicted octanol–water partition coefficient (Wildman–Crippen LogP) is 2.61. The smallest absolute Gasteiger partial charge is 0.198 e. The highest BCUT2D eigenvalue weighted by atomic mass is 19.1. The van der Waals surface area contributed by atoms with Gasteiger partial charge in [0.1, 0.15) is 11.6 Å². The van der Waals surface area contributed by atoms with Gasteiger partial charge in [-0.15, -0.1) is 0 Å². The summed E-state index contributed by atoms with van der Waals surface area (Å²) in [6, 6.07) is 8.40. The lowest BCUT2D eigenvalue weighted by Gasteiger charge is -2.19. The van der Waals surface area contributed by atoms with Gasteiger partial charge in [0.25, 0.3) is 0 Å². The summed E-state index contributed by atoms with van der Waals surface area (Å²) in [6.45, 7) is 0. The summed E-state index contributed by atoms with van der Waals surface area (Å²) in [6.07, 6.45) is 0. The highest BCUT2D eigenvalue weighted by Gasteiger charge is 2.32. The lowest BCUT2D eigenvalue weighted by atomic mass is 9.83. The average Bonchev–Trinajstić information content (AvgIpc) is 2.43. The van der Waals surface area contributed by atoms with Gasteiger partial charge >= 0.3 is 0 Å². The van der Waals surface area contributed by atoms with Crippen molar-refractivity contribution in [1.82, 2.24) is 0 Å². The fraction of sp³-hybridized carbons (Fsp3) is 0.0667. The molecule has 19 heavy (non-hydrogen) atoms. The van der Waals surface area contributed by atoms with Crippen LogP contribution in [0.1, 0.15) is 31.8 Å². The Morgan fingerprint density at radius 2 is 1.74 bits per heavy atom. The van der Waals surface area contributed by atoms with Crippen LogP contribution in [-0.4, -0.2) is 18.7 Å². The van der Waals surface area contributed by atoms with Crippen molar-refractivity contribution in [3.63, 3.8) is 0 Å². The molecule has 0 aliphatic heterocycles.